The van der Waals surface area contributed by atoms with Crippen molar-refractivity contribution in [3.8, 4) is 5.75 Å². The highest BCUT2D eigenvalue weighted by molar-refractivity contribution is 6.35. The molecule has 108 valence electrons. The molecule has 0 saturated heterocycles. The van der Waals surface area contributed by atoms with Gasteiger partial charge in [0.2, 0.25) is 0 Å². The van der Waals surface area contributed by atoms with Gasteiger partial charge in [-0.15, -0.1) is 0 Å². The van der Waals surface area contributed by atoms with E-state index >= 15 is 0 Å². The molecule has 0 saturated carbocycles. The lowest BCUT2D eigenvalue weighted by atomic mass is 10.1. The van der Waals surface area contributed by atoms with Gasteiger partial charge in [0.05, 0.1) is 5.02 Å². The molecule has 0 radical (unpaired) electrons. The number of benzene rings is 2. The van der Waals surface area contributed by atoms with Crippen LogP contribution in [0.15, 0.2) is 36.4 Å². The highest BCUT2D eigenvalue weighted by atomic mass is 35.5. The molecule has 0 aliphatic rings. The average molecular weight is 295 g/mol. The van der Waals surface area contributed by atoms with E-state index in [1.165, 1.54) is 0 Å². The highest BCUT2D eigenvalue weighted by Gasteiger charge is 2.10. The van der Waals surface area contributed by atoms with Crippen molar-refractivity contribution < 1.29 is 14.2 Å². The van der Waals surface area contributed by atoms with Crippen LogP contribution in [0.1, 0.15) is 13.8 Å². The van der Waals surface area contributed by atoms with Crippen molar-refractivity contribution in [1.82, 2.24) is 0 Å². The topological polar surface area (TPSA) is 27.7 Å². The molecule has 2 aromatic rings. The summed E-state index contributed by atoms with van der Waals surface area (Å²) in [5.41, 5.74) is 0. The second-order valence-electron chi connectivity index (χ2n) is 4.28. The number of ether oxygens (including phenoxy) is 3. The number of hydrogen-bond donors (Lipinski definition) is 0. The van der Waals surface area contributed by atoms with Crippen LogP contribution in [0.25, 0.3) is 10.8 Å². The minimum atomic E-state index is -0.352. The van der Waals surface area contributed by atoms with Gasteiger partial charge in [-0.1, -0.05) is 35.9 Å². The molecule has 0 aliphatic heterocycles. The Labute approximate surface area is 124 Å². The van der Waals surface area contributed by atoms with Crippen LogP contribution < -0.4 is 4.74 Å². The minimum Gasteiger partial charge on any atom is -0.488 e. The maximum absolute atomic E-state index is 6.26. The molecule has 0 aromatic heterocycles. The van der Waals surface area contributed by atoms with Crippen molar-refractivity contribution >= 4 is 22.4 Å². The maximum atomic E-state index is 6.26. The fraction of sp³-hybridized carbons (Fsp3) is 0.375. The first-order valence-corrected chi connectivity index (χ1v) is 7.16. The van der Waals surface area contributed by atoms with E-state index in [4.69, 9.17) is 25.8 Å². The Morgan fingerprint density at radius 3 is 2.45 bits per heavy atom. The first kappa shape index (κ1) is 15.1. The largest absolute Gasteiger partial charge is 0.488 e. The van der Waals surface area contributed by atoms with Crippen molar-refractivity contribution in [3.63, 3.8) is 0 Å². The molecule has 4 heteroatoms. The molecule has 3 nitrogen and oxygen atoms in total. The summed E-state index contributed by atoms with van der Waals surface area (Å²) in [5.74, 6) is 0.720. The Kier molecular flexibility index (Phi) is 5.65. The van der Waals surface area contributed by atoms with Crippen molar-refractivity contribution in [3.05, 3.63) is 41.4 Å². The molecule has 0 spiro atoms. The van der Waals surface area contributed by atoms with Crippen molar-refractivity contribution in [2.75, 3.05) is 19.8 Å². The van der Waals surface area contributed by atoms with Gasteiger partial charge in [-0.2, -0.15) is 0 Å². The van der Waals surface area contributed by atoms with E-state index in [9.17, 15) is 0 Å². The molecule has 0 heterocycles. The Morgan fingerprint density at radius 1 is 1.05 bits per heavy atom. The van der Waals surface area contributed by atoms with E-state index in [1.807, 2.05) is 50.2 Å². The van der Waals surface area contributed by atoms with E-state index < -0.39 is 0 Å². The lowest BCUT2D eigenvalue weighted by Crippen LogP contribution is -2.25. The van der Waals surface area contributed by atoms with Crippen LogP contribution in [0.4, 0.5) is 0 Å². The highest BCUT2D eigenvalue weighted by Crippen LogP contribution is 2.29. The molecule has 2 aromatic carbocycles. The Bertz CT molecular complexity index is 550. The number of hydrogen-bond acceptors (Lipinski definition) is 3. The number of fused-ring (bicyclic) bond motifs is 1. The van der Waals surface area contributed by atoms with Gasteiger partial charge in [0, 0.05) is 18.6 Å². The maximum Gasteiger partial charge on any atom is 0.191 e. The molecule has 20 heavy (non-hydrogen) atoms. The summed E-state index contributed by atoms with van der Waals surface area (Å²) in [4.78, 5) is 0. The smallest absolute Gasteiger partial charge is 0.191 e. The first-order chi connectivity index (χ1) is 9.74. The van der Waals surface area contributed by atoms with Crippen LogP contribution in [-0.4, -0.2) is 26.1 Å². The van der Waals surface area contributed by atoms with Gasteiger partial charge in [-0.25, -0.2) is 0 Å². The molecule has 0 unspecified atom stereocenters. The third-order valence-corrected chi connectivity index (χ3v) is 3.19. The zero-order chi connectivity index (χ0) is 14.4. The molecule has 0 aliphatic carbocycles. The van der Waals surface area contributed by atoms with Crippen LogP contribution in [0.5, 0.6) is 5.75 Å². The van der Waals surface area contributed by atoms with E-state index in [1.54, 1.807) is 0 Å². The molecule has 0 bridgehead atoms. The quantitative estimate of drug-likeness (QED) is 0.714. The third kappa shape index (κ3) is 3.85. The third-order valence-electron chi connectivity index (χ3n) is 2.88. The molecular formula is C16H19ClO3. The van der Waals surface area contributed by atoms with Crippen molar-refractivity contribution in [2.24, 2.45) is 0 Å². The van der Waals surface area contributed by atoms with Crippen LogP contribution >= 0.6 is 11.6 Å². The minimum absolute atomic E-state index is 0.344. The second-order valence-corrected chi connectivity index (χ2v) is 4.68. The summed E-state index contributed by atoms with van der Waals surface area (Å²) in [5, 5.41) is 2.76. The van der Waals surface area contributed by atoms with Gasteiger partial charge in [-0.05, 0) is 31.4 Å². The van der Waals surface area contributed by atoms with E-state index in [0.717, 1.165) is 16.5 Å². The van der Waals surface area contributed by atoms with E-state index in [0.29, 0.717) is 24.8 Å². The van der Waals surface area contributed by atoms with Crippen molar-refractivity contribution in [2.45, 2.75) is 20.1 Å². The lowest BCUT2D eigenvalue weighted by Gasteiger charge is -2.17. The predicted octanol–water partition coefficient (Wildman–Crippen LogP) is 4.27. The average Bonchev–Trinajstić information content (AvgIpc) is 2.45. The monoisotopic (exact) mass is 294 g/mol. The molecular weight excluding hydrogens is 276 g/mol. The van der Waals surface area contributed by atoms with Crippen LogP contribution in [0.3, 0.4) is 0 Å². The standard InChI is InChI=1S/C16H19ClO3/c1-3-18-16(19-4-2)11-20-13-9-12-7-5-6-8-14(12)15(17)10-13/h5-10,16H,3-4,11H2,1-2H3. The molecule has 0 atom stereocenters. The predicted molar refractivity (Wildman–Crippen MR) is 81.5 cm³/mol. The zero-order valence-electron chi connectivity index (χ0n) is 11.8. The summed E-state index contributed by atoms with van der Waals surface area (Å²) in [6.07, 6.45) is -0.352. The molecule has 2 rings (SSSR count). The van der Waals surface area contributed by atoms with Gasteiger partial charge >= 0.3 is 0 Å². The van der Waals surface area contributed by atoms with Crippen LogP contribution in [-0.2, 0) is 9.47 Å². The molecule has 0 amide bonds. The normalized spacial score (nSPS) is 11.2. The lowest BCUT2D eigenvalue weighted by molar-refractivity contribution is -0.152. The van der Waals surface area contributed by atoms with Crippen LogP contribution in [0.2, 0.25) is 5.02 Å². The molecule has 0 N–H and O–H groups in total. The van der Waals surface area contributed by atoms with E-state index in [2.05, 4.69) is 0 Å². The summed E-state index contributed by atoms with van der Waals surface area (Å²) in [6, 6.07) is 11.7. The number of halogens is 1. The summed E-state index contributed by atoms with van der Waals surface area (Å²) < 4.78 is 16.6. The second kappa shape index (κ2) is 7.48. The summed E-state index contributed by atoms with van der Waals surface area (Å²) in [6.45, 7) is 5.38. The zero-order valence-corrected chi connectivity index (χ0v) is 12.5. The van der Waals surface area contributed by atoms with Gasteiger partial charge in [-0.3, -0.25) is 0 Å². The Balaban J connectivity index is 2.09. The summed E-state index contributed by atoms with van der Waals surface area (Å²) in [7, 11) is 0. The first-order valence-electron chi connectivity index (χ1n) is 6.79. The molecule has 0 fully saturated rings. The van der Waals surface area contributed by atoms with Gasteiger partial charge in [0.25, 0.3) is 0 Å². The fourth-order valence-electron chi connectivity index (χ4n) is 2.00. The van der Waals surface area contributed by atoms with Crippen molar-refractivity contribution in [1.29, 1.82) is 0 Å². The Morgan fingerprint density at radius 2 is 1.75 bits per heavy atom. The van der Waals surface area contributed by atoms with E-state index in [-0.39, 0.29) is 6.29 Å². The number of rotatable bonds is 7. The van der Waals surface area contributed by atoms with Gasteiger partial charge in [0.15, 0.2) is 6.29 Å². The van der Waals surface area contributed by atoms with Gasteiger partial charge in [0.1, 0.15) is 12.4 Å². The fourth-order valence-corrected chi connectivity index (χ4v) is 2.28. The summed E-state index contributed by atoms with van der Waals surface area (Å²) >= 11 is 6.26. The Hall–Kier alpha value is -1.29. The van der Waals surface area contributed by atoms with Gasteiger partial charge < -0.3 is 14.2 Å². The van der Waals surface area contributed by atoms with Crippen LogP contribution in [0, 0.1) is 0 Å². The SMILES string of the molecule is CCOC(COc1cc(Cl)c2ccccc2c1)OCC.